The third kappa shape index (κ3) is 3.50. The predicted molar refractivity (Wildman–Crippen MR) is 70.3 cm³/mol. The van der Waals surface area contributed by atoms with Gasteiger partial charge in [0.15, 0.2) is 0 Å². The van der Waals surface area contributed by atoms with Gasteiger partial charge in [0, 0.05) is 0 Å². The minimum atomic E-state index is -0.482. The molecule has 0 aromatic rings. The molecule has 0 radical (unpaired) electrons. The Hall–Kier alpha value is -0.00506. The molecule has 0 spiro atoms. The van der Waals surface area contributed by atoms with Gasteiger partial charge in [-0.3, -0.25) is 0 Å². The van der Waals surface area contributed by atoms with E-state index in [-0.39, 0.29) is 0 Å². The first-order valence-electron chi connectivity index (χ1n) is 7.39. The van der Waals surface area contributed by atoms with Gasteiger partial charge in [-0.1, -0.05) is 44.3 Å². The molecule has 0 amide bonds. The SMILES string of the molecule is BC1CCCC(C2CCC(F)CC2)CCC1. The van der Waals surface area contributed by atoms with Crippen LogP contribution in [-0.4, -0.2) is 14.0 Å². The molecule has 0 aromatic carbocycles. The summed E-state index contributed by atoms with van der Waals surface area (Å²) in [5, 5.41) is 0. The first-order valence-corrected chi connectivity index (χ1v) is 7.39. The molecule has 2 fully saturated rings. The summed E-state index contributed by atoms with van der Waals surface area (Å²) in [6.45, 7) is 0. The van der Waals surface area contributed by atoms with E-state index in [9.17, 15) is 4.39 Å². The van der Waals surface area contributed by atoms with Crippen LogP contribution in [0.1, 0.15) is 64.2 Å². The molecule has 0 N–H and O–H groups in total. The zero-order valence-electron chi connectivity index (χ0n) is 10.8. The molecule has 2 aliphatic carbocycles. The fourth-order valence-corrected chi connectivity index (χ4v) is 3.77. The third-order valence-electron chi connectivity index (χ3n) is 4.91. The first kappa shape index (κ1) is 12.5. The van der Waals surface area contributed by atoms with Crippen molar-refractivity contribution in [1.82, 2.24) is 0 Å². The van der Waals surface area contributed by atoms with Crippen LogP contribution in [0.3, 0.4) is 0 Å². The van der Waals surface area contributed by atoms with Crippen molar-refractivity contribution in [3.8, 4) is 0 Å². The minimum absolute atomic E-state index is 0.482. The van der Waals surface area contributed by atoms with Gasteiger partial charge < -0.3 is 0 Å². The highest BCUT2D eigenvalue weighted by Crippen LogP contribution is 2.38. The van der Waals surface area contributed by atoms with E-state index in [1.54, 1.807) is 0 Å². The fraction of sp³-hybridized carbons (Fsp3) is 1.00. The van der Waals surface area contributed by atoms with Crippen molar-refractivity contribution < 1.29 is 4.39 Å². The van der Waals surface area contributed by atoms with E-state index in [4.69, 9.17) is 0 Å². The van der Waals surface area contributed by atoms with Gasteiger partial charge in [0.05, 0.1) is 0 Å². The molecule has 2 rings (SSSR count). The van der Waals surface area contributed by atoms with Gasteiger partial charge in [-0.2, -0.15) is 0 Å². The van der Waals surface area contributed by atoms with E-state index in [1.807, 2.05) is 0 Å². The molecular formula is C14H26BF. The van der Waals surface area contributed by atoms with Crippen molar-refractivity contribution in [1.29, 1.82) is 0 Å². The van der Waals surface area contributed by atoms with Gasteiger partial charge in [0.1, 0.15) is 14.0 Å². The molecule has 2 heteroatoms. The lowest BCUT2D eigenvalue weighted by atomic mass is 9.70. The van der Waals surface area contributed by atoms with Crippen LogP contribution in [-0.2, 0) is 0 Å². The molecule has 0 heterocycles. The first-order chi connectivity index (χ1) is 7.75. The molecule has 16 heavy (non-hydrogen) atoms. The number of halogens is 1. The lowest BCUT2D eigenvalue weighted by Crippen LogP contribution is -2.23. The predicted octanol–water partition coefficient (Wildman–Crippen LogP) is 3.91. The Kier molecular flexibility index (Phi) is 4.72. The Balaban J connectivity index is 1.79. The molecule has 92 valence electrons. The summed E-state index contributed by atoms with van der Waals surface area (Å²) in [5.74, 6) is 2.74. The average Bonchev–Trinajstić information content (AvgIpc) is 2.25. The molecule has 0 unspecified atom stereocenters. The topological polar surface area (TPSA) is 0 Å². The summed E-state index contributed by atoms with van der Waals surface area (Å²) in [5.41, 5.74) is 0. The Morgan fingerprint density at radius 3 is 1.75 bits per heavy atom. The second-order valence-corrected chi connectivity index (χ2v) is 6.24. The maximum Gasteiger partial charge on any atom is 0.105 e. The highest BCUT2D eigenvalue weighted by atomic mass is 19.1. The summed E-state index contributed by atoms with van der Waals surface area (Å²) < 4.78 is 13.1. The summed E-state index contributed by atoms with van der Waals surface area (Å²) in [4.78, 5) is 0. The number of alkyl halides is 1. The zero-order valence-corrected chi connectivity index (χ0v) is 10.8. The third-order valence-corrected chi connectivity index (χ3v) is 4.91. The van der Waals surface area contributed by atoms with Crippen molar-refractivity contribution in [2.45, 2.75) is 76.2 Å². The second kappa shape index (κ2) is 6.07. The van der Waals surface area contributed by atoms with Gasteiger partial charge in [-0.05, 0) is 37.5 Å². The Morgan fingerprint density at radius 1 is 0.688 bits per heavy atom. The second-order valence-electron chi connectivity index (χ2n) is 6.24. The van der Waals surface area contributed by atoms with Crippen LogP contribution in [0.2, 0.25) is 5.82 Å². The molecule has 0 aromatic heterocycles. The number of rotatable bonds is 1. The highest BCUT2D eigenvalue weighted by Gasteiger charge is 2.27. The van der Waals surface area contributed by atoms with Crippen LogP contribution in [0.4, 0.5) is 4.39 Å². The number of hydrogen-bond acceptors (Lipinski definition) is 0. The molecule has 0 aliphatic heterocycles. The van der Waals surface area contributed by atoms with Crippen LogP contribution >= 0.6 is 0 Å². The van der Waals surface area contributed by atoms with E-state index < -0.39 is 6.17 Å². The summed E-state index contributed by atoms with van der Waals surface area (Å²) >= 11 is 0. The van der Waals surface area contributed by atoms with E-state index in [2.05, 4.69) is 7.85 Å². The van der Waals surface area contributed by atoms with Crippen molar-refractivity contribution in [2.24, 2.45) is 11.8 Å². The zero-order chi connectivity index (χ0) is 11.4. The standard InChI is InChI=1S/C14H26BF/c15-13-5-1-3-11(4-2-6-13)12-7-9-14(16)10-8-12/h11-14H,1-10,15H2. The summed E-state index contributed by atoms with van der Waals surface area (Å²) in [6, 6.07) is 0. The minimum Gasteiger partial charge on any atom is -0.247 e. The summed E-state index contributed by atoms with van der Waals surface area (Å²) in [7, 11) is 2.40. The molecule has 0 saturated heterocycles. The Morgan fingerprint density at radius 2 is 1.19 bits per heavy atom. The van der Waals surface area contributed by atoms with Crippen LogP contribution < -0.4 is 0 Å². The van der Waals surface area contributed by atoms with Crippen molar-refractivity contribution in [3.63, 3.8) is 0 Å². The monoisotopic (exact) mass is 224 g/mol. The van der Waals surface area contributed by atoms with Crippen molar-refractivity contribution in [2.75, 3.05) is 0 Å². The van der Waals surface area contributed by atoms with Crippen LogP contribution in [0.5, 0.6) is 0 Å². The molecular weight excluding hydrogens is 198 g/mol. The largest absolute Gasteiger partial charge is 0.247 e. The van der Waals surface area contributed by atoms with Gasteiger partial charge in [-0.15, -0.1) is 0 Å². The number of hydrogen-bond donors (Lipinski definition) is 0. The molecule has 0 atom stereocenters. The van der Waals surface area contributed by atoms with Crippen LogP contribution in [0, 0.1) is 11.8 Å². The molecule has 2 saturated carbocycles. The van der Waals surface area contributed by atoms with Gasteiger partial charge in [0.25, 0.3) is 0 Å². The van der Waals surface area contributed by atoms with Crippen LogP contribution in [0.25, 0.3) is 0 Å². The van der Waals surface area contributed by atoms with Crippen molar-refractivity contribution in [3.05, 3.63) is 0 Å². The van der Waals surface area contributed by atoms with Gasteiger partial charge in [0.2, 0.25) is 0 Å². The normalized spacial score (nSPS) is 42.3. The molecule has 0 nitrogen and oxygen atoms in total. The van der Waals surface area contributed by atoms with E-state index in [0.717, 1.165) is 30.5 Å². The maximum absolute atomic E-state index is 13.1. The Bertz CT molecular complexity index is 189. The lowest BCUT2D eigenvalue weighted by molar-refractivity contribution is 0.149. The highest BCUT2D eigenvalue weighted by molar-refractivity contribution is 6.11. The maximum atomic E-state index is 13.1. The lowest BCUT2D eigenvalue weighted by Gasteiger charge is -2.33. The molecule has 2 aliphatic rings. The fourth-order valence-electron chi connectivity index (χ4n) is 3.77. The Labute approximate surface area is 101 Å². The molecule has 0 bridgehead atoms. The average molecular weight is 224 g/mol. The van der Waals surface area contributed by atoms with Crippen LogP contribution in [0.15, 0.2) is 0 Å². The van der Waals surface area contributed by atoms with E-state index >= 15 is 0 Å². The van der Waals surface area contributed by atoms with Gasteiger partial charge >= 0.3 is 0 Å². The smallest absolute Gasteiger partial charge is 0.105 e. The van der Waals surface area contributed by atoms with E-state index in [1.165, 1.54) is 51.4 Å². The summed E-state index contributed by atoms with van der Waals surface area (Å²) in [6.07, 6.45) is 12.1. The van der Waals surface area contributed by atoms with Gasteiger partial charge in [-0.25, -0.2) is 4.39 Å². The van der Waals surface area contributed by atoms with E-state index in [0.29, 0.717) is 0 Å². The van der Waals surface area contributed by atoms with Crippen molar-refractivity contribution >= 4 is 7.85 Å². The quantitative estimate of drug-likeness (QED) is 0.592.